The summed E-state index contributed by atoms with van der Waals surface area (Å²) in [7, 11) is 0. The number of hydrogen-bond donors (Lipinski definition) is 0. The van der Waals surface area contributed by atoms with Gasteiger partial charge >= 0.3 is 0 Å². The van der Waals surface area contributed by atoms with E-state index in [1.165, 1.54) is 6.39 Å². The highest BCUT2D eigenvalue weighted by Crippen LogP contribution is 2.26. The maximum Gasteiger partial charge on any atom is 0.181 e. The smallest absolute Gasteiger partial charge is 0.181 e. The Kier molecular flexibility index (Phi) is 2.37. The molecule has 0 aromatic carbocycles. The minimum absolute atomic E-state index is 0.473. The van der Waals surface area contributed by atoms with Crippen molar-refractivity contribution in [1.82, 2.24) is 9.97 Å². The molecule has 0 aliphatic carbocycles. The van der Waals surface area contributed by atoms with E-state index < -0.39 is 0 Å². The molecule has 2 rings (SSSR count). The highest BCUT2D eigenvalue weighted by molar-refractivity contribution is 7.10. The summed E-state index contributed by atoms with van der Waals surface area (Å²) in [4.78, 5) is 8.65. The van der Waals surface area contributed by atoms with Crippen LogP contribution in [0.1, 0.15) is 30.5 Å². The summed E-state index contributed by atoms with van der Waals surface area (Å²) in [5.41, 5.74) is 1.78. The largest absolute Gasteiger partial charge is 0.448 e. The van der Waals surface area contributed by atoms with Crippen LogP contribution in [0, 0.1) is 6.92 Å². The van der Waals surface area contributed by atoms with Gasteiger partial charge in [-0.05, 0) is 6.92 Å². The maximum atomic E-state index is 5.14. The highest BCUT2D eigenvalue weighted by Gasteiger charge is 2.11. The van der Waals surface area contributed by atoms with Gasteiger partial charge in [-0.1, -0.05) is 13.8 Å². The number of aromatic nitrogens is 2. The van der Waals surface area contributed by atoms with Gasteiger partial charge in [-0.25, -0.2) is 9.97 Å². The van der Waals surface area contributed by atoms with Gasteiger partial charge in [0.2, 0.25) is 0 Å². The first-order valence-corrected chi connectivity index (χ1v) is 5.42. The summed E-state index contributed by atoms with van der Waals surface area (Å²) < 4.78 is 5.14. The lowest BCUT2D eigenvalue weighted by Crippen LogP contribution is -1.86. The third kappa shape index (κ3) is 1.57. The Labute approximate surface area is 86.8 Å². The molecular formula is C10H12N2OS. The molecule has 0 saturated heterocycles. The maximum absolute atomic E-state index is 5.14. The van der Waals surface area contributed by atoms with E-state index in [1.54, 1.807) is 11.3 Å². The van der Waals surface area contributed by atoms with Gasteiger partial charge in [0.25, 0.3) is 0 Å². The lowest BCUT2D eigenvalue weighted by molar-refractivity contribution is 0.527. The highest BCUT2D eigenvalue weighted by atomic mass is 32.1. The van der Waals surface area contributed by atoms with Crippen molar-refractivity contribution in [2.24, 2.45) is 0 Å². The van der Waals surface area contributed by atoms with E-state index in [0.29, 0.717) is 5.92 Å². The van der Waals surface area contributed by atoms with Crippen molar-refractivity contribution in [2.45, 2.75) is 26.7 Å². The second-order valence-electron chi connectivity index (χ2n) is 3.48. The molecule has 0 radical (unpaired) electrons. The lowest BCUT2D eigenvalue weighted by Gasteiger charge is -1.95. The predicted molar refractivity (Wildman–Crippen MR) is 56.4 cm³/mol. The summed E-state index contributed by atoms with van der Waals surface area (Å²) in [5, 5.41) is 3.17. The molecule has 0 aliphatic rings. The Morgan fingerprint density at radius 3 is 2.71 bits per heavy atom. The third-order valence-corrected chi connectivity index (χ3v) is 3.15. The minimum atomic E-state index is 0.473. The quantitative estimate of drug-likeness (QED) is 0.760. The lowest BCUT2D eigenvalue weighted by atomic mass is 10.2. The van der Waals surface area contributed by atoms with Crippen LogP contribution in [-0.4, -0.2) is 9.97 Å². The van der Waals surface area contributed by atoms with Gasteiger partial charge in [0.1, 0.15) is 17.1 Å². The van der Waals surface area contributed by atoms with Crippen LogP contribution < -0.4 is 0 Å². The summed E-state index contributed by atoms with van der Waals surface area (Å²) in [5.74, 6) is 1.30. The fourth-order valence-electron chi connectivity index (χ4n) is 1.21. The number of oxazole rings is 1. The van der Waals surface area contributed by atoms with Gasteiger partial charge in [-0.15, -0.1) is 11.3 Å². The summed E-state index contributed by atoms with van der Waals surface area (Å²) in [6, 6.07) is 0. The van der Waals surface area contributed by atoms with Gasteiger partial charge in [-0.2, -0.15) is 0 Å². The second kappa shape index (κ2) is 3.53. The van der Waals surface area contributed by atoms with Crippen molar-refractivity contribution in [3.8, 4) is 11.4 Å². The average Bonchev–Trinajstić information content (AvgIpc) is 2.71. The first-order chi connectivity index (χ1) is 6.68. The van der Waals surface area contributed by atoms with Crippen LogP contribution in [0.3, 0.4) is 0 Å². The molecule has 0 aliphatic heterocycles. The number of rotatable bonds is 2. The summed E-state index contributed by atoms with van der Waals surface area (Å²) in [6.45, 7) is 6.17. The number of nitrogens with zero attached hydrogens (tertiary/aromatic N) is 2. The van der Waals surface area contributed by atoms with Crippen molar-refractivity contribution < 1.29 is 4.42 Å². The van der Waals surface area contributed by atoms with Gasteiger partial charge in [0.15, 0.2) is 6.39 Å². The average molecular weight is 208 g/mol. The van der Waals surface area contributed by atoms with Gasteiger partial charge < -0.3 is 4.42 Å². The molecule has 2 aromatic heterocycles. The van der Waals surface area contributed by atoms with E-state index in [-0.39, 0.29) is 0 Å². The Morgan fingerprint density at radius 1 is 1.43 bits per heavy atom. The van der Waals surface area contributed by atoms with E-state index >= 15 is 0 Å². The zero-order valence-corrected chi connectivity index (χ0v) is 9.26. The Bertz CT molecular complexity index is 431. The molecule has 4 heteroatoms. The fourth-order valence-corrected chi connectivity index (χ4v) is 2.03. The second-order valence-corrected chi connectivity index (χ2v) is 4.37. The molecule has 0 saturated carbocycles. The third-order valence-electron chi connectivity index (χ3n) is 2.00. The Balaban J connectivity index is 2.39. The molecule has 0 bridgehead atoms. The molecule has 2 heterocycles. The molecule has 2 aromatic rings. The molecule has 74 valence electrons. The molecule has 0 N–H and O–H groups in total. The normalized spacial score (nSPS) is 11.1. The molecule has 0 unspecified atom stereocenters. The number of aryl methyl sites for hydroxylation is 1. The molecule has 14 heavy (non-hydrogen) atoms. The van der Waals surface area contributed by atoms with Crippen molar-refractivity contribution in [3.05, 3.63) is 22.5 Å². The molecule has 0 spiro atoms. The Hall–Kier alpha value is -1.16. The predicted octanol–water partition coefficient (Wildman–Crippen LogP) is 3.23. The monoisotopic (exact) mass is 208 g/mol. The van der Waals surface area contributed by atoms with E-state index in [0.717, 1.165) is 22.2 Å². The van der Waals surface area contributed by atoms with Crippen LogP contribution in [0.5, 0.6) is 0 Å². The SMILES string of the molecule is Cc1ocnc1-c1csc(C(C)C)n1. The molecule has 3 nitrogen and oxygen atoms in total. The minimum Gasteiger partial charge on any atom is -0.448 e. The van der Waals surface area contributed by atoms with Crippen LogP contribution in [0.15, 0.2) is 16.2 Å². The zero-order chi connectivity index (χ0) is 10.1. The molecular weight excluding hydrogens is 196 g/mol. The zero-order valence-electron chi connectivity index (χ0n) is 8.44. The van der Waals surface area contributed by atoms with E-state index in [4.69, 9.17) is 4.42 Å². The van der Waals surface area contributed by atoms with Gasteiger partial charge in [0.05, 0.1) is 5.01 Å². The van der Waals surface area contributed by atoms with E-state index in [1.807, 2.05) is 12.3 Å². The van der Waals surface area contributed by atoms with Crippen LogP contribution in [-0.2, 0) is 0 Å². The van der Waals surface area contributed by atoms with E-state index in [9.17, 15) is 0 Å². The Morgan fingerprint density at radius 2 is 2.21 bits per heavy atom. The molecule has 0 atom stereocenters. The topological polar surface area (TPSA) is 38.9 Å². The molecule has 0 fully saturated rings. The first kappa shape index (κ1) is 9.40. The standard InChI is InChI=1S/C10H12N2OS/c1-6(2)10-12-8(4-14-10)9-7(3)13-5-11-9/h4-6H,1-3H3. The summed E-state index contributed by atoms with van der Waals surface area (Å²) >= 11 is 1.67. The van der Waals surface area contributed by atoms with E-state index in [2.05, 4.69) is 23.8 Å². The molecule has 0 amide bonds. The van der Waals surface area contributed by atoms with Crippen LogP contribution >= 0.6 is 11.3 Å². The fraction of sp³-hybridized carbons (Fsp3) is 0.400. The van der Waals surface area contributed by atoms with Crippen LogP contribution in [0.4, 0.5) is 0 Å². The van der Waals surface area contributed by atoms with Gasteiger partial charge in [-0.3, -0.25) is 0 Å². The number of hydrogen-bond acceptors (Lipinski definition) is 4. The first-order valence-electron chi connectivity index (χ1n) is 4.54. The van der Waals surface area contributed by atoms with Gasteiger partial charge in [0, 0.05) is 11.3 Å². The van der Waals surface area contributed by atoms with Crippen molar-refractivity contribution in [1.29, 1.82) is 0 Å². The van der Waals surface area contributed by atoms with Crippen LogP contribution in [0.25, 0.3) is 11.4 Å². The summed E-state index contributed by atoms with van der Waals surface area (Å²) in [6.07, 6.45) is 1.46. The van der Waals surface area contributed by atoms with Crippen molar-refractivity contribution >= 4 is 11.3 Å². The number of thiazole rings is 1. The van der Waals surface area contributed by atoms with Crippen molar-refractivity contribution in [2.75, 3.05) is 0 Å². The van der Waals surface area contributed by atoms with Crippen LogP contribution in [0.2, 0.25) is 0 Å². The van der Waals surface area contributed by atoms with Crippen molar-refractivity contribution in [3.63, 3.8) is 0 Å².